The first kappa shape index (κ1) is 31.3. The Labute approximate surface area is 187 Å². The molecule has 0 saturated heterocycles. The molecule has 154 valence electrons. The van der Waals surface area contributed by atoms with Gasteiger partial charge in [0.05, 0.1) is 0 Å². The van der Waals surface area contributed by atoms with E-state index >= 15 is 0 Å². The minimum absolute atomic E-state index is 0. The van der Waals surface area contributed by atoms with E-state index in [1.54, 1.807) is 0 Å². The van der Waals surface area contributed by atoms with Gasteiger partial charge in [-0.3, -0.25) is 4.79 Å². The quantitative estimate of drug-likeness (QED) is 0.222. The number of carbonyl (C=O) groups is 1. The van der Waals surface area contributed by atoms with Gasteiger partial charge in [0, 0.05) is 43.5 Å². The fourth-order valence-corrected chi connectivity index (χ4v) is 3.44. The zero-order valence-electron chi connectivity index (χ0n) is 17.7. The van der Waals surface area contributed by atoms with E-state index in [0.29, 0.717) is 6.42 Å². The van der Waals surface area contributed by atoms with E-state index in [9.17, 15) is 4.79 Å². The van der Waals surface area contributed by atoms with Gasteiger partial charge in [0.2, 0.25) is 0 Å². The van der Waals surface area contributed by atoms with Gasteiger partial charge in [-0.25, -0.2) is 0 Å². The van der Waals surface area contributed by atoms with Crippen molar-refractivity contribution >= 4 is 5.97 Å². The van der Waals surface area contributed by atoms with E-state index in [0.717, 1.165) is 24.7 Å². The fourth-order valence-electron chi connectivity index (χ4n) is 3.44. The monoisotopic (exact) mass is 442 g/mol. The molecule has 0 heterocycles. The maximum absolute atomic E-state index is 10.5. The predicted molar refractivity (Wildman–Crippen MR) is 106 cm³/mol. The van der Waals surface area contributed by atoms with Gasteiger partial charge in [-0.1, -0.05) is 111 Å². The first-order valence-corrected chi connectivity index (χ1v) is 10.8. The molecule has 0 spiro atoms. The summed E-state index contributed by atoms with van der Waals surface area (Å²) in [5.41, 5.74) is 0. The number of hydrogen-bond acceptors (Lipinski definition) is 1. The van der Waals surface area contributed by atoms with Crippen molar-refractivity contribution in [2.75, 3.05) is 0 Å². The number of carboxylic acids is 1. The van der Waals surface area contributed by atoms with Crippen LogP contribution in [0.4, 0.5) is 0 Å². The number of rotatable bonds is 18. The summed E-state index contributed by atoms with van der Waals surface area (Å²) in [4.78, 5) is 10.5. The van der Waals surface area contributed by atoms with Crippen molar-refractivity contribution in [1.29, 1.82) is 0 Å². The predicted octanol–water partition coefficient (Wildman–Crippen LogP) is 7.60. The molecular weight excluding hydrogens is 398 g/mol. The van der Waals surface area contributed by atoms with Crippen molar-refractivity contribution in [3.05, 3.63) is 0 Å². The van der Waals surface area contributed by atoms with E-state index in [1.165, 1.54) is 83.5 Å². The van der Waals surface area contributed by atoms with Gasteiger partial charge < -0.3 is 5.11 Å². The Morgan fingerprint density at radius 2 is 1.00 bits per heavy atom. The summed E-state index contributed by atoms with van der Waals surface area (Å²) in [5, 5.41) is 8.62. The summed E-state index contributed by atoms with van der Waals surface area (Å²) in [7, 11) is 0. The second-order valence-corrected chi connectivity index (χ2v) is 7.92. The van der Waals surface area contributed by atoms with Gasteiger partial charge in [-0.05, 0) is 18.3 Å². The molecule has 0 aromatic carbocycles. The third-order valence-corrected chi connectivity index (χ3v) is 5.53. The summed E-state index contributed by atoms with van der Waals surface area (Å²) in [5.74, 6) is 1.00. The molecule has 2 nitrogen and oxygen atoms in total. The standard InChI is InChI=1S/C22H44O2.2V/c1-4-5-6-7-8-9-10-11-14-17-20(2)21(3)18-15-12-13-16-19-22(23)24;;/h20-21H,4-19H2,1-3H3,(H,23,24);;. The molecule has 0 bridgehead atoms. The normalized spacial score (nSPS) is 12.7. The fraction of sp³-hybridized carbons (Fsp3) is 0.955. The molecule has 0 aromatic rings. The van der Waals surface area contributed by atoms with Crippen molar-refractivity contribution in [3.8, 4) is 0 Å². The zero-order valence-corrected chi connectivity index (χ0v) is 20.5. The van der Waals surface area contributed by atoms with Crippen molar-refractivity contribution < 1.29 is 47.0 Å². The first-order valence-electron chi connectivity index (χ1n) is 10.8. The zero-order chi connectivity index (χ0) is 18.0. The van der Waals surface area contributed by atoms with Crippen molar-refractivity contribution in [2.45, 2.75) is 124 Å². The molecule has 2 atom stereocenters. The smallest absolute Gasteiger partial charge is 0.303 e. The van der Waals surface area contributed by atoms with Crippen LogP contribution < -0.4 is 0 Å². The minimum atomic E-state index is -0.655. The van der Waals surface area contributed by atoms with E-state index in [1.807, 2.05) is 0 Å². The molecule has 0 aliphatic carbocycles. The second kappa shape index (κ2) is 23.7. The maximum Gasteiger partial charge on any atom is 0.303 e. The molecule has 1 N–H and O–H groups in total. The molecule has 2 unspecified atom stereocenters. The summed E-state index contributed by atoms with van der Waals surface area (Å²) < 4.78 is 0. The maximum atomic E-state index is 10.5. The number of carboxylic acid groups (broad SMARTS) is 1. The Bertz CT molecular complexity index is 285. The summed E-state index contributed by atoms with van der Waals surface area (Å²) >= 11 is 0. The van der Waals surface area contributed by atoms with Crippen molar-refractivity contribution in [2.24, 2.45) is 11.8 Å². The third-order valence-electron chi connectivity index (χ3n) is 5.53. The van der Waals surface area contributed by atoms with Crippen LogP contribution in [0, 0.1) is 11.8 Å². The Hall–Kier alpha value is 0.639. The first-order chi connectivity index (χ1) is 11.6. The topological polar surface area (TPSA) is 37.3 Å². The molecule has 0 amide bonds. The molecule has 0 aliphatic rings. The minimum Gasteiger partial charge on any atom is -0.481 e. The Balaban J connectivity index is -0.00000264. The Morgan fingerprint density at radius 3 is 1.38 bits per heavy atom. The average molecular weight is 442 g/mol. The Morgan fingerprint density at radius 1 is 0.654 bits per heavy atom. The second-order valence-electron chi connectivity index (χ2n) is 7.92. The summed E-state index contributed by atoms with van der Waals surface area (Å²) in [6, 6.07) is 0. The van der Waals surface area contributed by atoms with Crippen LogP contribution in [0.25, 0.3) is 0 Å². The van der Waals surface area contributed by atoms with E-state index in [4.69, 9.17) is 5.11 Å². The largest absolute Gasteiger partial charge is 0.481 e. The van der Waals surface area contributed by atoms with E-state index in [-0.39, 0.29) is 37.1 Å². The third kappa shape index (κ3) is 22.7. The summed E-state index contributed by atoms with van der Waals surface area (Å²) in [6.07, 6.45) is 20.2. The molecule has 0 fully saturated rings. The van der Waals surface area contributed by atoms with Gasteiger partial charge >= 0.3 is 5.97 Å². The van der Waals surface area contributed by atoms with Crippen molar-refractivity contribution in [1.82, 2.24) is 0 Å². The van der Waals surface area contributed by atoms with Gasteiger partial charge in [-0.15, -0.1) is 0 Å². The van der Waals surface area contributed by atoms with Gasteiger partial charge in [0.15, 0.2) is 0 Å². The van der Waals surface area contributed by atoms with Crippen LogP contribution in [-0.2, 0) is 41.9 Å². The molecule has 4 heteroatoms. The molecule has 2 radical (unpaired) electrons. The van der Waals surface area contributed by atoms with Crippen molar-refractivity contribution in [3.63, 3.8) is 0 Å². The van der Waals surface area contributed by atoms with Gasteiger partial charge in [-0.2, -0.15) is 0 Å². The summed E-state index contributed by atoms with van der Waals surface area (Å²) in [6.45, 7) is 7.09. The molecular formula is C22H44O2V2. The van der Waals surface area contributed by atoms with Crippen LogP contribution in [0.15, 0.2) is 0 Å². The van der Waals surface area contributed by atoms with Crippen LogP contribution in [0.3, 0.4) is 0 Å². The molecule has 26 heavy (non-hydrogen) atoms. The SMILES string of the molecule is CCCCCCCCCCCC(C)C(C)CCCCCCC(=O)O.[V].[V]. The van der Waals surface area contributed by atoms with Crippen LogP contribution >= 0.6 is 0 Å². The van der Waals surface area contributed by atoms with E-state index in [2.05, 4.69) is 20.8 Å². The molecule has 0 saturated carbocycles. The number of aliphatic carboxylic acids is 1. The van der Waals surface area contributed by atoms with E-state index < -0.39 is 5.97 Å². The number of unbranched alkanes of at least 4 members (excludes halogenated alkanes) is 11. The number of hydrogen-bond donors (Lipinski definition) is 1. The van der Waals surface area contributed by atoms with Crippen LogP contribution in [0.2, 0.25) is 0 Å². The Kier molecular flexibility index (Phi) is 28.5. The van der Waals surface area contributed by atoms with Gasteiger partial charge in [0.1, 0.15) is 0 Å². The van der Waals surface area contributed by atoms with Crippen LogP contribution in [-0.4, -0.2) is 11.1 Å². The average Bonchev–Trinajstić information content (AvgIpc) is 2.55. The molecule has 0 aliphatic heterocycles. The van der Waals surface area contributed by atoms with Crippen LogP contribution in [0.1, 0.15) is 124 Å². The van der Waals surface area contributed by atoms with Crippen LogP contribution in [0.5, 0.6) is 0 Å². The molecule has 0 rings (SSSR count). The van der Waals surface area contributed by atoms with Gasteiger partial charge in [0.25, 0.3) is 0 Å². The molecule has 0 aromatic heterocycles.